The molecule has 0 radical (unpaired) electrons. The van der Waals surface area contributed by atoms with E-state index in [1.54, 1.807) is 12.1 Å². The van der Waals surface area contributed by atoms with Gasteiger partial charge in [0.15, 0.2) is 5.11 Å². The zero-order chi connectivity index (χ0) is 16.3. The summed E-state index contributed by atoms with van der Waals surface area (Å²) in [7, 11) is 0. The highest BCUT2D eigenvalue weighted by molar-refractivity contribution is 7.80. The molecule has 1 atom stereocenters. The van der Waals surface area contributed by atoms with Crippen LogP contribution in [-0.4, -0.2) is 5.11 Å². The van der Waals surface area contributed by atoms with E-state index < -0.39 is 0 Å². The number of hydrogen-bond donors (Lipinski definition) is 2. The first-order valence-electron chi connectivity index (χ1n) is 9.15. The Morgan fingerprint density at radius 1 is 1.04 bits per heavy atom. The third-order valence-electron chi connectivity index (χ3n) is 6.69. The molecule has 1 heterocycles. The minimum Gasteiger partial charge on any atom is -0.352 e. The van der Waals surface area contributed by atoms with Crippen molar-refractivity contribution in [3.63, 3.8) is 0 Å². The Morgan fingerprint density at radius 2 is 1.71 bits per heavy atom. The maximum atomic E-state index is 13.6. The third-order valence-corrected chi connectivity index (χ3v) is 6.91. The summed E-state index contributed by atoms with van der Waals surface area (Å²) in [6.07, 6.45) is 10.5. The molecule has 2 N–H and O–H groups in total. The van der Waals surface area contributed by atoms with Gasteiger partial charge in [0, 0.05) is 11.1 Å². The van der Waals surface area contributed by atoms with Crippen molar-refractivity contribution in [1.29, 1.82) is 0 Å². The van der Waals surface area contributed by atoms with Gasteiger partial charge < -0.3 is 10.6 Å². The number of thiocarbonyl (C=S) groups is 1. The van der Waals surface area contributed by atoms with Crippen LogP contribution >= 0.6 is 12.2 Å². The van der Waals surface area contributed by atoms with Crippen LogP contribution in [0.2, 0.25) is 0 Å². The summed E-state index contributed by atoms with van der Waals surface area (Å²) in [6, 6.07) is 6.82. The van der Waals surface area contributed by atoms with Gasteiger partial charge in [-0.15, -0.1) is 0 Å². The molecule has 4 bridgehead atoms. The number of benzene rings is 1. The van der Waals surface area contributed by atoms with E-state index in [1.807, 2.05) is 6.07 Å². The number of allylic oxidation sites excluding steroid dienone is 1. The van der Waals surface area contributed by atoms with Crippen LogP contribution in [-0.2, 0) is 0 Å². The van der Waals surface area contributed by atoms with Gasteiger partial charge in [0.1, 0.15) is 5.82 Å². The molecule has 0 aromatic heterocycles. The number of halogens is 1. The van der Waals surface area contributed by atoms with Crippen LogP contribution in [0.1, 0.15) is 50.1 Å². The Labute approximate surface area is 147 Å². The highest BCUT2D eigenvalue weighted by Gasteiger charge is 2.53. The fraction of sp³-hybridized carbons (Fsp3) is 0.550. The largest absolute Gasteiger partial charge is 0.352 e. The Kier molecular flexibility index (Phi) is 3.28. The molecule has 4 aliphatic carbocycles. The predicted molar refractivity (Wildman–Crippen MR) is 96.7 cm³/mol. The topological polar surface area (TPSA) is 24.1 Å². The van der Waals surface area contributed by atoms with Crippen molar-refractivity contribution in [3.8, 4) is 0 Å². The van der Waals surface area contributed by atoms with Crippen LogP contribution in [0.15, 0.2) is 36.0 Å². The van der Waals surface area contributed by atoms with Gasteiger partial charge in [0.25, 0.3) is 0 Å². The normalized spacial score (nSPS) is 40.0. The highest BCUT2D eigenvalue weighted by atomic mass is 32.1. The van der Waals surface area contributed by atoms with Gasteiger partial charge in [-0.3, -0.25) is 0 Å². The molecule has 1 aliphatic heterocycles. The second-order valence-corrected chi connectivity index (χ2v) is 8.82. The fourth-order valence-corrected chi connectivity index (χ4v) is 6.42. The number of nitrogens with one attached hydrogen (secondary N) is 2. The van der Waals surface area contributed by atoms with E-state index in [1.165, 1.54) is 50.3 Å². The first kappa shape index (κ1) is 14.9. The first-order chi connectivity index (χ1) is 11.6. The molecule has 5 aliphatic rings. The van der Waals surface area contributed by atoms with Crippen molar-refractivity contribution in [3.05, 3.63) is 47.4 Å². The molecule has 126 valence electrons. The van der Waals surface area contributed by atoms with Gasteiger partial charge in [0.2, 0.25) is 0 Å². The summed E-state index contributed by atoms with van der Waals surface area (Å²) in [5.74, 6) is 2.50. The summed E-state index contributed by atoms with van der Waals surface area (Å²) >= 11 is 5.49. The van der Waals surface area contributed by atoms with E-state index in [2.05, 4.69) is 16.7 Å². The van der Waals surface area contributed by atoms with Gasteiger partial charge in [-0.1, -0.05) is 12.1 Å². The minimum atomic E-state index is -0.191. The minimum absolute atomic E-state index is 0.0301. The highest BCUT2D eigenvalue weighted by Crippen LogP contribution is 2.62. The Balaban J connectivity index is 1.51. The molecule has 4 heteroatoms. The monoisotopic (exact) mass is 342 g/mol. The van der Waals surface area contributed by atoms with E-state index in [4.69, 9.17) is 12.2 Å². The predicted octanol–water partition coefficient (Wildman–Crippen LogP) is 4.44. The Bertz CT molecular complexity index is 691. The van der Waals surface area contributed by atoms with Crippen LogP contribution in [0.25, 0.3) is 0 Å². The molecule has 0 saturated heterocycles. The average Bonchev–Trinajstić information content (AvgIpc) is 2.53. The second-order valence-electron chi connectivity index (χ2n) is 8.41. The Hall–Kier alpha value is -1.42. The van der Waals surface area contributed by atoms with Gasteiger partial charge in [-0.2, -0.15) is 0 Å². The van der Waals surface area contributed by atoms with Crippen molar-refractivity contribution in [1.82, 2.24) is 10.6 Å². The SMILES string of the molecule is Fc1cccc([C@@H]2C=C(C34CC5CC(CC(C5)C3)C4)NC(=S)N2)c1. The molecule has 4 saturated carbocycles. The van der Waals surface area contributed by atoms with Crippen LogP contribution in [0.4, 0.5) is 4.39 Å². The summed E-state index contributed by atoms with van der Waals surface area (Å²) in [5.41, 5.74) is 2.53. The molecular formula is C20H23FN2S. The van der Waals surface area contributed by atoms with Crippen molar-refractivity contribution in [2.75, 3.05) is 0 Å². The standard InChI is InChI=1S/C20H23FN2S/c21-16-3-1-2-15(7-16)17-8-18(23-19(24)22-17)20-9-12-4-13(10-20)6-14(5-12)11-20/h1-3,7-8,12-14,17H,4-6,9-11H2,(H2,22,23,24)/t12?,13?,14?,17-,20?/m0/s1. The van der Waals surface area contributed by atoms with Crippen LogP contribution < -0.4 is 10.6 Å². The quantitative estimate of drug-likeness (QED) is 0.777. The second kappa shape index (κ2) is 5.29. The molecule has 4 fully saturated rings. The van der Waals surface area contributed by atoms with Crippen molar-refractivity contribution in [2.24, 2.45) is 23.2 Å². The van der Waals surface area contributed by atoms with Crippen molar-refractivity contribution < 1.29 is 4.39 Å². The van der Waals surface area contributed by atoms with E-state index in [9.17, 15) is 4.39 Å². The smallest absolute Gasteiger partial charge is 0.171 e. The lowest BCUT2D eigenvalue weighted by atomic mass is 9.48. The molecule has 1 aromatic carbocycles. The van der Waals surface area contributed by atoms with E-state index in [0.29, 0.717) is 5.11 Å². The molecule has 2 nitrogen and oxygen atoms in total. The Morgan fingerprint density at radius 3 is 2.33 bits per heavy atom. The lowest BCUT2D eigenvalue weighted by Gasteiger charge is -2.58. The number of rotatable bonds is 2. The molecule has 24 heavy (non-hydrogen) atoms. The average molecular weight is 342 g/mol. The molecular weight excluding hydrogens is 319 g/mol. The van der Waals surface area contributed by atoms with Crippen LogP contribution in [0.3, 0.4) is 0 Å². The zero-order valence-corrected chi connectivity index (χ0v) is 14.5. The third kappa shape index (κ3) is 2.38. The number of hydrogen-bond acceptors (Lipinski definition) is 1. The maximum Gasteiger partial charge on any atom is 0.171 e. The lowest BCUT2D eigenvalue weighted by Crippen LogP contribution is -2.53. The summed E-state index contributed by atoms with van der Waals surface area (Å²) < 4.78 is 13.6. The van der Waals surface area contributed by atoms with E-state index in [0.717, 1.165) is 23.3 Å². The zero-order valence-electron chi connectivity index (χ0n) is 13.7. The molecule has 6 rings (SSSR count). The fourth-order valence-electron chi connectivity index (χ4n) is 6.18. The molecule has 0 amide bonds. The van der Waals surface area contributed by atoms with Crippen molar-refractivity contribution in [2.45, 2.75) is 44.6 Å². The van der Waals surface area contributed by atoms with E-state index >= 15 is 0 Å². The molecule has 0 spiro atoms. The summed E-state index contributed by atoms with van der Waals surface area (Å²) in [6.45, 7) is 0. The summed E-state index contributed by atoms with van der Waals surface area (Å²) in [5, 5.41) is 7.45. The van der Waals surface area contributed by atoms with Gasteiger partial charge in [-0.25, -0.2) is 4.39 Å². The molecule has 1 aromatic rings. The lowest BCUT2D eigenvalue weighted by molar-refractivity contribution is -0.0331. The van der Waals surface area contributed by atoms with Gasteiger partial charge >= 0.3 is 0 Å². The van der Waals surface area contributed by atoms with Crippen LogP contribution in [0, 0.1) is 29.0 Å². The van der Waals surface area contributed by atoms with E-state index in [-0.39, 0.29) is 17.3 Å². The maximum absolute atomic E-state index is 13.6. The van der Waals surface area contributed by atoms with Crippen molar-refractivity contribution >= 4 is 17.3 Å². The van der Waals surface area contributed by atoms with Gasteiger partial charge in [0.05, 0.1) is 6.04 Å². The first-order valence-corrected chi connectivity index (χ1v) is 9.56. The van der Waals surface area contributed by atoms with Gasteiger partial charge in [-0.05, 0) is 92.3 Å². The molecule has 0 unspecified atom stereocenters. The summed E-state index contributed by atoms with van der Waals surface area (Å²) in [4.78, 5) is 0. The van der Waals surface area contributed by atoms with Crippen LogP contribution in [0.5, 0.6) is 0 Å².